The Morgan fingerprint density at radius 3 is 2.72 bits per heavy atom. The van der Waals surface area contributed by atoms with Crippen molar-refractivity contribution in [3.8, 4) is 0 Å². The third kappa shape index (κ3) is 1.37. The Kier molecular flexibility index (Phi) is 2.37. The fourth-order valence-corrected chi connectivity index (χ4v) is 2.95. The fraction of sp³-hybridized carbons (Fsp3) is 0.333. The van der Waals surface area contributed by atoms with Crippen LogP contribution in [-0.2, 0) is 9.53 Å². The van der Waals surface area contributed by atoms with Crippen LogP contribution in [0.5, 0.6) is 0 Å². The third-order valence-corrected chi connectivity index (χ3v) is 4.08. The summed E-state index contributed by atoms with van der Waals surface area (Å²) in [5.41, 5.74) is 1.64. The summed E-state index contributed by atoms with van der Waals surface area (Å²) in [5, 5.41) is 0. The minimum absolute atomic E-state index is 0.146. The number of benzene rings is 1. The molecule has 0 amide bonds. The molecule has 0 saturated heterocycles. The second-order valence-corrected chi connectivity index (χ2v) is 5.00. The van der Waals surface area contributed by atoms with E-state index in [0.29, 0.717) is 0 Å². The van der Waals surface area contributed by atoms with Crippen molar-refractivity contribution in [3.05, 3.63) is 48.2 Å². The molecule has 0 N–H and O–H groups in total. The van der Waals surface area contributed by atoms with Crippen LogP contribution < -0.4 is 0 Å². The molecule has 3 heteroatoms. The second kappa shape index (κ2) is 3.80. The summed E-state index contributed by atoms with van der Waals surface area (Å²) in [6.07, 6.45) is 3.81. The highest BCUT2D eigenvalue weighted by molar-refractivity contribution is 6.09. The van der Waals surface area contributed by atoms with E-state index in [4.69, 9.17) is 4.74 Å². The lowest BCUT2D eigenvalue weighted by molar-refractivity contribution is -0.147. The van der Waals surface area contributed by atoms with E-state index < -0.39 is 5.41 Å². The number of esters is 1. The van der Waals surface area contributed by atoms with Gasteiger partial charge in [-0.3, -0.25) is 9.79 Å². The first-order chi connectivity index (χ1) is 8.69. The van der Waals surface area contributed by atoms with Crippen LogP contribution >= 0.6 is 0 Å². The summed E-state index contributed by atoms with van der Waals surface area (Å²) in [5.74, 6) is 0.225. The van der Waals surface area contributed by atoms with Gasteiger partial charge in [-0.2, -0.15) is 0 Å². The van der Waals surface area contributed by atoms with E-state index in [-0.39, 0.29) is 17.8 Å². The average Bonchev–Trinajstić information content (AvgIpc) is 3.06. The molecule has 18 heavy (non-hydrogen) atoms. The number of ether oxygens (including phenoxy) is 1. The summed E-state index contributed by atoms with van der Waals surface area (Å²) in [6.45, 7) is 1.96. The molecule has 1 heterocycles. The van der Waals surface area contributed by atoms with Gasteiger partial charge in [0.15, 0.2) is 0 Å². The second-order valence-electron chi connectivity index (χ2n) is 5.00. The van der Waals surface area contributed by atoms with E-state index in [1.54, 1.807) is 6.20 Å². The molecule has 0 radical (unpaired) electrons. The number of allylic oxidation sites excluding steroid dienone is 1. The standard InChI is InChI=1S/C15H15NO2/c1-15(14(17)18-2)11-8-9-16-13(12(11)15)10-6-4-3-5-7-10/h3-9,11-12H,1-2H3/t11-,12-,15+/m0/s1. The van der Waals surface area contributed by atoms with Gasteiger partial charge in [0.25, 0.3) is 0 Å². The van der Waals surface area contributed by atoms with Crippen LogP contribution in [0.1, 0.15) is 12.5 Å². The average molecular weight is 241 g/mol. The molecule has 1 aliphatic heterocycles. The predicted octanol–water partition coefficient (Wildman–Crippen LogP) is 2.43. The number of methoxy groups -OCH3 is 1. The van der Waals surface area contributed by atoms with Crippen molar-refractivity contribution in [2.24, 2.45) is 22.2 Å². The van der Waals surface area contributed by atoms with Crippen LogP contribution in [0.4, 0.5) is 0 Å². The zero-order valence-corrected chi connectivity index (χ0v) is 10.5. The maximum absolute atomic E-state index is 11.9. The molecule has 0 spiro atoms. The SMILES string of the molecule is COC(=O)[C@@]1(C)[C@@H]2C(c3ccccc3)=NC=C[C@@H]21. The predicted molar refractivity (Wildman–Crippen MR) is 69.2 cm³/mol. The Morgan fingerprint density at radius 1 is 1.33 bits per heavy atom. The van der Waals surface area contributed by atoms with Crippen LogP contribution in [0.3, 0.4) is 0 Å². The number of rotatable bonds is 2. The Bertz CT molecular complexity index is 547. The van der Waals surface area contributed by atoms with Crippen LogP contribution in [0, 0.1) is 17.3 Å². The van der Waals surface area contributed by atoms with Gasteiger partial charge in [-0.05, 0) is 12.5 Å². The lowest BCUT2D eigenvalue weighted by atomic mass is 9.99. The van der Waals surface area contributed by atoms with Crippen molar-refractivity contribution in [1.82, 2.24) is 0 Å². The summed E-state index contributed by atoms with van der Waals surface area (Å²) in [7, 11) is 1.45. The molecule has 92 valence electrons. The van der Waals surface area contributed by atoms with Crippen LogP contribution in [-0.4, -0.2) is 18.8 Å². The number of carbonyl (C=O) groups excluding carboxylic acids is 1. The molecular weight excluding hydrogens is 226 g/mol. The van der Waals surface area contributed by atoms with Gasteiger partial charge in [0.1, 0.15) is 0 Å². The summed E-state index contributed by atoms with van der Waals surface area (Å²) in [4.78, 5) is 16.4. The number of aliphatic imine (C=N–C) groups is 1. The number of nitrogens with zero attached hydrogens (tertiary/aromatic N) is 1. The molecule has 1 aliphatic carbocycles. The smallest absolute Gasteiger partial charge is 0.312 e. The summed E-state index contributed by atoms with van der Waals surface area (Å²) in [6, 6.07) is 10.0. The fourth-order valence-electron chi connectivity index (χ4n) is 2.95. The molecule has 0 unspecified atom stereocenters. The summed E-state index contributed by atoms with van der Waals surface area (Å²) < 4.78 is 4.93. The van der Waals surface area contributed by atoms with Crippen molar-refractivity contribution < 1.29 is 9.53 Å². The number of fused-ring (bicyclic) bond motifs is 1. The van der Waals surface area contributed by atoms with Gasteiger partial charge in [-0.15, -0.1) is 0 Å². The zero-order valence-electron chi connectivity index (χ0n) is 10.5. The quantitative estimate of drug-likeness (QED) is 0.746. The van der Waals surface area contributed by atoms with Crippen LogP contribution in [0.2, 0.25) is 0 Å². The molecule has 3 rings (SSSR count). The van der Waals surface area contributed by atoms with Crippen molar-refractivity contribution >= 4 is 11.7 Å². The molecule has 0 bridgehead atoms. The van der Waals surface area contributed by atoms with E-state index in [1.165, 1.54) is 7.11 Å². The lowest BCUT2D eigenvalue weighted by Gasteiger charge is -2.10. The maximum atomic E-state index is 11.9. The number of carbonyl (C=O) groups is 1. The van der Waals surface area contributed by atoms with Crippen LogP contribution in [0.15, 0.2) is 47.6 Å². The molecule has 2 aliphatic rings. The minimum atomic E-state index is -0.448. The van der Waals surface area contributed by atoms with Gasteiger partial charge in [-0.25, -0.2) is 0 Å². The Hall–Kier alpha value is -1.90. The first-order valence-corrected chi connectivity index (χ1v) is 6.08. The number of hydrogen-bond donors (Lipinski definition) is 0. The van der Waals surface area contributed by atoms with E-state index in [0.717, 1.165) is 11.3 Å². The molecule has 1 fully saturated rings. The first kappa shape index (κ1) is 11.2. The van der Waals surface area contributed by atoms with Gasteiger partial charge in [0.05, 0.1) is 18.2 Å². The topological polar surface area (TPSA) is 38.7 Å². The van der Waals surface area contributed by atoms with E-state index in [1.807, 2.05) is 43.3 Å². The molecule has 3 atom stereocenters. The molecule has 1 aromatic rings. The van der Waals surface area contributed by atoms with Gasteiger partial charge < -0.3 is 4.74 Å². The first-order valence-electron chi connectivity index (χ1n) is 6.08. The Balaban J connectivity index is 1.98. The van der Waals surface area contributed by atoms with Crippen molar-refractivity contribution in [2.45, 2.75) is 6.92 Å². The van der Waals surface area contributed by atoms with E-state index in [9.17, 15) is 4.79 Å². The molecule has 0 aromatic heterocycles. The third-order valence-electron chi connectivity index (χ3n) is 4.08. The van der Waals surface area contributed by atoms with Gasteiger partial charge >= 0.3 is 5.97 Å². The van der Waals surface area contributed by atoms with Crippen molar-refractivity contribution in [3.63, 3.8) is 0 Å². The summed E-state index contributed by atoms with van der Waals surface area (Å²) >= 11 is 0. The highest BCUT2D eigenvalue weighted by Crippen LogP contribution is 2.62. The van der Waals surface area contributed by atoms with Gasteiger partial charge in [0, 0.05) is 18.0 Å². The molecular formula is C15H15NO2. The highest BCUT2D eigenvalue weighted by Gasteiger charge is 2.68. The highest BCUT2D eigenvalue weighted by atomic mass is 16.5. The molecule has 3 nitrogen and oxygen atoms in total. The molecule has 1 saturated carbocycles. The van der Waals surface area contributed by atoms with Crippen LogP contribution in [0.25, 0.3) is 0 Å². The van der Waals surface area contributed by atoms with Crippen molar-refractivity contribution in [1.29, 1.82) is 0 Å². The monoisotopic (exact) mass is 241 g/mol. The molecule has 1 aromatic carbocycles. The largest absolute Gasteiger partial charge is 0.469 e. The lowest BCUT2D eigenvalue weighted by Crippen LogP contribution is -2.20. The minimum Gasteiger partial charge on any atom is -0.469 e. The van der Waals surface area contributed by atoms with Gasteiger partial charge in [0.2, 0.25) is 0 Å². The zero-order chi connectivity index (χ0) is 12.8. The van der Waals surface area contributed by atoms with Gasteiger partial charge in [-0.1, -0.05) is 36.4 Å². The Morgan fingerprint density at radius 2 is 2.06 bits per heavy atom. The van der Waals surface area contributed by atoms with E-state index >= 15 is 0 Å². The number of hydrogen-bond acceptors (Lipinski definition) is 3. The Labute approximate surface area is 106 Å². The van der Waals surface area contributed by atoms with E-state index in [2.05, 4.69) is 4.99 Å². The normalized spacial score (nSPS) is 32.4. The van der Waals surface area contributed by atoms with Crippen molar-refractivity contribution in [2.75, 3.05) is 7.11 Å². The maximum Gasteiger partial charge on any atom is 0.312 e.